The molecule has 2 heterocycles. The standard InChI is InChI=1S/C13H14N5/c1-3-7-13(8-4-1)18(15-11-14-16-18)12-17-9-5-2-6-10-17/h1-9,11H,10,12H2/q+1. The summed E-state index contributed by atoms with van der Waals surface area (Å²) in [6.07, 6.45) is 9.72. The summed E-state index contributed by atoms with van der Waals surface area (Å²) in [5.74, 6) is 0. The van der Waals surface area contributed by atoms with Crippen molar-refractivity contribution in [3.63, 3.8) is 0 Å². The van der Waals surface area contributed by atoms with E-state index in [1.54, 1.807) is 0 Å². The number of benzene rings is 1. The topological polar surface area (TPSA) is 40.3 Å². The highest BCUT2D eigenvalue weighted by atomic mass is 15.9. The zero-order valence-corrected chi connectivity index (χ0v) is 9.92. The molecule has 1 atom stereocenters. The molecule has 0 fully saturated rings. The van der Waals surface area contributed by atoms with Crippen LogP contribution in [0.15, 0.2) is 70.2 Å². The highest BCUT2D eigenvalue weighted by Gasteiger charge is 2.36. The zero-order valence-electron chi connectivity index (χ0n) is 9.92. The molecule has 0 spiro atoms. The van der Waals surface area contributed by atoms with Crippen LogP contribution in [-0.4, -0.2) is 24.5 Å². The highest BCUT2D eigenvalue weighted by Crippen LogP contribution is 2.27. The monoisotopic (exact) mass is 240 g/mol. The summed E-state index contributed by atoms with van der Waals surface area (Å²) in [5.41, 5.74) is 1.01. The van der Waals surface area contributed by atoms with E-state index in [1.165, 1.54) is 6.34 Å². The first-order valence-corrected chi connectivity index (χ1v) is 5.87. The molecule has 3 rings (SSSR count). The molecule has 0 radical (unpaired) electrons. The molecule has 1 aromatic rings. The number of hydrogen-bond donors (Lipinski definition) is 0. The fourth-order valence-electron chi connectivity index (χ4n) is 2.04. The Morgan fingerprint density at radius 3 is 2.72 bits per heavy atom. The summed E-state index contributed by atoms with van der Waals surface area (Å²) in [5, 5.41) is 12.6. The largest absolute Gasteiger partial charge is 0.324 e. The summed E-state index contributed by atoms with van der Waals surface area (Å²) >= 11 is 0. The second-order valence-electron chi connectivity index (χ2n) is 4.18. The molecular weight excluding hydrogens is 226 g/mol. The van der Waals surface area contributed by atoms with Crippen molar-refractivity contribution >= 4 is 12.0 Å². The summed E-state index contributed by atoms with van der Waals surface area (Å²) in [4.78, 5) is 2.16. The number of quaternary nitrogens is 1. The smallest absolute Gasteiger partial charge is 0.212 e. The molecule has 0 aliphatic carbocycles. The summed E-state index contributed by atoms with van der Waals surface area (Å²) in [6, 6.07) is 10.0. The molecule has 0 saturated carbocycles. The lowest BCUT2D eigenvalue weighted by Crippen LogP contribution is -2.45. The quantitative estimate of drug-likeness (QED) is 0.749. The first-order valence-electron chi connectivity index (χ1n) is 5.87. The highest BCUT2D eigenvalue weighted by molar-refractivity contribution is 5.58. The predicted molar refractivity (Wildman–Crippen MR) is 71.4 cm³/mol. The molecule has 0 bridgehead atoms. The number of allylic oxidation sites excluding steroid dienone is 2. The van der Waals surface area contributed by atoms with Crippen LogP contribution in [0.2, 0.25) is 0 Å². The van der Waals surface area contributed by atoms with Gasteiger partial charge in [-0.25, -0.2) is 0 Å². The SMILES string of the molecule is C1=CCN(C[N+]2(c3ccccc3)N=CN=N2)C=C1. The van der Waals surface area contributed by atoms with Crippen molar-refractivity contribution in [1.82, 2.24) is 9.60 Å². The van der Waals surface area contributed by atoms with Crippen LogP contribution < -0.4 is 4.70 Å². The fraction of sp³-hybridized carbons (Fsp3) is 0.154. The number of rotatable bonds is 3. The minimum absolute atomic E-state index is 0.152. The Kier molecular flexibility index (Phi) is 2.74. The van der Waals surface area contributed by atoms with Crippen LogP contribution in [0, 0.1) is 0 Å². The number of para-hydroxylation sites is 1. The van der Waals surface area contributed by atoms with Crippen LogP contribution in [0.1, 0.15) is 0 Å². The first-order chi connectivity index (χ1) is 8.89. The van der Waals surface area contributed by atoms with Gasteiger partial charge in [0, 0.05) is 24.9 Å². The first kappa shape index (κ1) is 10.9. The van der Waals surface area contributed by atoms with Gasteiger partial charge in [-0.15, -0.1) is 0 Å². The van der Waals surface area contributed by atoms with Crippen molar-refractivity contribution in [3.05, 3.63) is 54.8 Å². The normalized spacial score (nSPS) is 25.0. The number of nitrogens with zero attached hydrogens (tertiary/aromatic N) is 5. The third-order valence-electron chi connectivity index (χ3n) is 2.93. The van der Waals surface area contributed by atoms with E-state index in [9.17, 15) is 0 Å². The van der Waals surface area contributed by atoms with Gasteiger partial charge in [-0.2, -0.15) is 0 Å². The van der Waals surface area contributed by atoms with E-state index in [0.29, 0.717) is 6.67 Å². The number of hydrogen-bond acceptors (Lipinski definition) is 4. The lowest BCUT2D eigenvalue weighted by atomic mass is 10.3. The third-order valence-corrected chi connectivity index (χ3v) is 2.93. The maximum Gasteiger partial charge on any atom is 0.212 e. The van der Waals surface area contributed by atoms with E-state index in [-0.39, 0.29) is 4.70 Å². The Morgan fingerprint density at radius 2 is 2.06 bits per heavy atom. The molecule has 5 heteroatoms. The predicted octanol–water partition coefficient (Wildman–Crippen LogP) is 2.66. The lowest BCUT2D eigenvalue weighted by molar-refractivity contribution is 0.192. The van der Waals surface area contributed by atoms with Gasteiger partial charge in [0.25, 0.3) is 0 Å². The van der Waals surface area contributed by atoms with Crippen LogP contribution in [0.5, 0.6) is 0 Å². The molecule has 1 aromatic carbocycles. The second kappa shape index (κ2) is 4.54. The van der Waals surface area contributed by atoms with Crippen LogP contribution in [0.25, 0.3) is 0 Å². The Labute approximate surface area is 106 Å². The Morgan fingerprint density at radius 1 is 1.17 bits per heavy atom. The lowest BCUT2D eigenvalue weighted by Gasteiger charge is -2.27. The summed E-state index contributed by atoms with van der Waals surface area (Å²) in [7, 11) is 0. The average Bonchev–Trinajstić information content (AvgIpc) is 2.91. The molecule has 0 aromatic heterocycles. The van der Waals surface area contributed by atoms with Gasteiger partial charge in [-0.1, -0.05) is 35.5 Å². The van der Waals surface area contributed by atoms with Crippen LogP contribution >= 0.6 is 0 Å². The van der Waals surface area contributed by atoms with E-state index in [4.69, 9.17) is 0 Å². The maximum absolute atomic E-state index is 4.41. The Bertz CT molecular complexity index is 518. The van der Waals surface area contributed by atoms with Gasteiger partial charge in [0.05, 0.1) is 5.22 Å². The third kappa shape index (κ3) is 1.96. The second-order valence-corrected chi connectivity index (χ2v) is 4.18. The van der Waals surface area contributed by atoms with Crippen LogP contribution in [0.4, 0.5) is 5.69 Å². The molecule has 1 unspecified atom stereocenters. The van der Waals surface area contributed by atoms with Gasteiger partial charge in [0.15, 0.2) is 5.69 Å². The molecule has 5 nitrogen and oxygen atoms in total. The molecule has 2 aliphatic heterocycles. The van der Waals surface area contributed by atoms with Crippen LogP contribution in [0.3, 0.4) is 0 Å². The van der Waals surface area contributed by atoms with Crippen molar-refractivity contribution in [3.8, 4) is 0 Å². The van der Waals surface area contributed by atoms with Crippen molar-refractivity contribution in [1.29, 1.82) is 0 Å². The van der Waals surface area contributed by atoms with Crippen molar-refractivity contribution < 1.29 is 0 Å². The van der Waals surface area contributed by atoms with Gasteiger partial charge < -0.3 is 4.90 Å². The molecule has 0 N–H and O–H groups in total. The molecule has 0 amide bonds. The van der Waals surface area contributed by atoms with E-state index in [1.807, 2.05) is 48.7 Å². The molecular formula is C13H14N5+. The van der Waals surface area contributed by atoms with E-state index < -0.39 is 0 Å². The van der Waals surface area contributed by atoms with Crippen molar-refractivity contribution in [2.24, 2.45) is 15.4 Å². The van der Waals surface area contributed by atoms with Crippen LogP contribution in [-0.2, 0) is 0 Å². The van der Waals surface area contributed by atoms with Crippen molar-refractivity contribution in [2.45, 2.75) is 0 Å². The van der Waals surface area contributed by atoms with Gasteiger partial charge in [0.2, 0.25) is 13.0 Å². The molecule has 90 valence electrons. The zero-order chi connectivity index (χ0) is 12.3. The Hall–Kier alpha value is -2.27. The van der Waals surface area contributed by atoms with Gasteiger partial charge in [0.1, 0.15) is 0 Å². The molecule has 0 saturated heterocycles. The van der Waals surface area contributed by atoms with Gasteiger partial charge in [-0.05, 0) is 15.9 Å². The average molecular weight is 240 g/mol. The van der Waals surface area contributed by atoms with Gasteiger partial charge >= 0.3 is 0 Å². The van der Waals surface area contributed by atoms with Gasteiger partial charge in [-0.3, -0.25) is 0 Å². The minimum atomic E-state index is 0.152. The molecule has 18 heavy (non-hydrogen) atoms. The molecule has 2 aliphatic rings. The van der Waals surface area contributed by atoms with E-state index in [0.717, 1.165) is 12.2 Å². The summed E-state index contributed by atoms with van der Waals surface area (Å²) in [6.45, 7) is 1.51. The Balaban J connectivity index is 1.89. The van der Waals surface area contributed by atoms with E-state index >= 15 is 0 Å². The fourth-order valence-corrected chi connectivity index (χ4v) is 2.04. The summed E-state index contributed by atoms with van der Waals surface area (Å²) < 4.78 is 0.152. The van der Waals surface area contributed by atoms with E-state index in [2.05, 4.69) is 26.4 Å². The maximum atomic E-state index is 4.41. The minimum Gasteiger partial charge on any atom is -0.324 e. The van der Waals surface area contributed by atoms with Crippen molar-refractivity contribution in [2.75, 3.05) is 13.2 Å².